The highest BCUT2D eigenvalue weighted by molar-refractivity contribution is 5.39. The summed E-state index contributed by atoms with van der Waals surface area (Å²) in [5.74, 6) is -1.17. The smallest absolute Gasteiger partial charge is 0.372 e. The van der Waals surface area contributed by atoms with Crippen LogP contribution in [0, 0.1) is 5.92 Å². The van der Waals surface area contributed by atoms with Gasteiger partial charge in [0.1, 0.15) is 0 Å². The Labute approximate surface area is 132 Å². The lowest BCUT2D eigenvalue weighted by Crippen LogP contribution is -2.37. The van der Waals surface area contributed by atoms with Crippen molar-refractivity contribution >= 4 is 0 Å². The number of aliphatic hydroxyl groups excluding tert-OH is 1. The van der Waals surface area contributed by atoms with Crippen LogP contribution in [-0.2, 0) is 13.1 Å². The molecule has 0 saturated heterocycles. The molecule has 1 heterocycles. The molecule has 4 nitrogen and oxygen atoms in total. The zero-order chi connectivity index (χ0) is 16.6. The molecule has 1 fully saturated rings. The molecule has 23 heavy (non-hydrogen) atoms. The molecule has 2 aliphatic rings. The van der Waals surface area contributed by atoms with E-state index in [4.69, 9.17) is 5.21 Å². The maximum absolute atomic E-state index is 12.8. The summed E-state index contributed by atoms with van der Waals surface area (Å²) in [7, 11) is 0. The van der Waals surface area contributed by atoms with Crippen LogP contribution in [0.4, 0.5) is 13.2 Å². The molecule has 0 spiro atoms. The average molecular weight is 330 g/mol. The minimum Gasteiger partial charge on any atom is -0.372 e. The second-order valence-electron chi connectivity index (χ2n) is 6.47. The molecule has 128 valence electrons. The van der Waals surface area contributed by atoms with Crippen LogP contribution >= 0.6 is 0 Å². The van der Waals surface area contributed by atoms with Crippen molar-refractivity contribution in [2.24, 2.45) is 5.92 Å². The summed E-state index contributed by atoms with van der Waals surface area (Å²) in [4.78, 5) is 2.19. The van der Waals surface area contributed by atoms with E-state index in [-0.39, 0.29) is 18.9 Å². The van der Waals surface area contributed by atoms with E-state index in [1.54, 1.807) is 6.07 Å². The predicted molar refractivity (Wildman–Crippen MR) is 77.4 cm³/mol. The van der Waals surface area contributed by atoms with Crippen molar-refractivity contribution in [1.29, 1.82) is 0 Å². The van der Waals surface area contributed by atoms with Crippen molar-refractivity contribution in [3.63, 3.8) is 0 Å². The third-order valence-corrected chi connectivity index (χ3v) is 5.14. The summed E-state index contributed by atoms with van der Waals surface area (Å²) in [6.45, 7) is 1.29. The molecule has 0 aromatic heterocycles. The van der Waals surface area contributed by atoms with Crippen molar-refractivity contribution in [2.75, 3.05) is 0 Å². The first-order valence-corrected chi connectivity index (χ1v) is 7.89. The van der Waals surface area contributed by atoms with E-state index in [1.807, 2.05) is 17.6 Å². The fourth-order valence-corrected chi connectivity index (χ4v) is 3.83. The number of hydroxylamine groups is 1. The summed E-state index contributed by atoms with van der Waals surface area (Å²) in [5, 5.41) is 18.7. The van der Waals surface area contributed by atoms with E-state index in [0.717, 1.165) is 11.1 Å². The second kappa shape index (κ2) is 6.39. The molecule has 3 rings (SSSR count). The number of fused-ring (bicyclic) bond motifs is 1. The predicted octanol–water partition coefficient (Wildman–Crippen LogP) is 3.09. The first kappa shape index (κ1) is 16.7. The molecule has 1 aromatic rings. The number of halogens is 3. The van der Waals surface area contributed by atoms with Crippen molar-refractivity contribution in [3.05, 3.63) is 34.9 Å². The molecule has 3 N–H and O–H groups in total. The molecule has 1 aliphatic heterocycles. The zero-order valence-corrected chi connectivity index (χ0v) is 12.7. The number of aliphatic hydroxyl groups is 1. The van der Waals surface area contributed by atoms with Crippen LogP contribution in [0.25, 0.3) is 0 Å². The fraction of sp³-hybridized carbons (Fsp3) is 0.625. The third-order valence-electron chi connectivity index (χ3n) is 5.14. The Kier molecular flexibility index (Phi) is 4.64. The maximum Gasteiger partial charge on any atom is 0.391 e. The number of nitrogens with zero attached hydrogens (tertiary/aromatic N) is 1. The summed E-state index contributed by atoms with van der Waals surface area (Å²) < 4.78 is 38.3. The molecular weight excluding hydrogens is 309 g/mol. The molecule has 1 unspecified atom stereocenters. The summed E-state index contributed by atoms with van der Waals surface area (Å²) in [6.07, 6.45) is -3.75. The molecule has 7 heteroatoms. The lowest BCUT2D eigenvalue weighted by Gasteiger charge is -2.35. The van der Waals surface area contributed by atoms with Crippen molar-refractivity contribution in [3.8, 4) is 0 Å². The van der Waals surface area contributed by atoms with Gasteiger partial charge in [-0.05, 0) is 36.8 Å². The topological polar surface area (TPSA) is 55.7 Å². The zero-order valence-electron chi connectivity index (χ0n) is 12.7. The van der Waals surface area contributed by atoms with Crippen LogP contribution in [0.5, 0.6) is 0 Å². The quantitative estimate of drug-likeness (QED) is 0.589. The molecule has 1 saturated carbocycles. The summed E-state index contributed by atoms with van der Waals surface area (Å²) >= 11 is 0. The van der Waals surface area contributed by atoms with E-state index < -0.39 is 18.3 Å². The highest BCUT2D eigenvalue weighted by Gasteiger charge is 2.42. The minimum absolute atomic E-state index is 0.146. The van der Waals surface area contributed by atoms with E-state index in [2.05, 4.69) is 4.90 Å². The van der Waals surface area contributed by atoms with Crippen LogP contribution in [0.15, 0.2) is 18.2 Å². The van der Waals surface area contributed by atoms with Crippen LogP contribution < -0.4 is 5.48 Å². The average Bonchev–Trinajstić information content (AvgIpc) is 2.97. The van der Waals surface area contributed by atoms with Gasteiger partial charge >= 0.3 is 6.18 Å². The molecule has 1 atom stereocenters. The number of hydrogen-bond acceptors (Lipinski definition) is 4. The van der Waals surface area contributed by atoms with Crippen LogP contribution in [0.1, 0.15) is 48.6 Å². The van der Waals surface area contributed by atoms with Gasteiger partial charge in [0.2, 0.25) is 0 Å². The van der Waals surface area contributed by atoms with Gasteiger partial charge in [-0.15, -0.1) is 0 Å². The highest BCUT2D eigenvalue weighted by Crippen LogP contribution is 2.40. The van der Waals surface area contributed by atoms with Gasteiger partial charge in [-0.25, -0.2) is 0 Å². The second-order valence-corrected chi connectivity index (χ2v) is 6.47. The molecule has 1 aromatic carbocycles. The van der Waals surface area contributed by atoms with Gasteiger partial charge < -0.3 is 10.3 Å². The number of hydrogen-bond donors (Lipinski definition) is 3. The largest absolute Gasteiger partial charge is 0.391 e. The number of benzene rings is 1. The van der Waals surface area contributed by atoms with E-state index in [9.17, 15) is 18.3 Å². The van der Waals surface area contributed by atoms with E-state index in [1.165, 1.54) is 0 Å². The normalized spacial score (nSPS) is 27.0. The standard InChI is InChI=1S/C16H21F3N2O2/c17-16(18,19)11-4-6-12(7-5-11)21-8-10-2-1-3-13(14(10)9-21)15(22)20-23/h1-3,11-12,15,20,22-23H,4-9H2. The summed E-state index contributed by atoms with van der Waals surface area (Å²) in [6, 6.07) is 5.67. The molecule has 0 amide bonds. The third kappa shape index (κ3) is 3.38. The maximum atomic E-state index is 12.8. The Morgan fingerprint density at radius 3 is 2.43 bits per heavy atom. The van der Waals surface area contributed by atoms with E-state index >= 15 is 0 Å². The van der Waals surface area contributed by atoms with Gasteiger partial charge in [-0.3, -0.25) is 4.90 Å². The monoisotopic (exact) mass is 330 g/mol. The van der Waals surface area contributed by atoms with Gasteiger partial charge in [-0.1, -0.05) is 18.2 Å². The molecule has 0 bridgehead atoms. The van der Waals surface area contributed by atoms with Crippen LogP contribution in [-0.4, -0.2) is 27.4 Å². The molecule has 0 radical (unpaired) electrons. The first-order valence-electron chi connectivity index (χ1n) is 7.89. The minimum atomic E-state index is -4.08. The van der Waals surface area contributed by atoms with Gasteiger partial charge in [0.05, 0.1) is 5.92 Å². The lowest BCUT2D eigenvalue weighted by molar-refractivity contribution is -0.184. The van der Waals surface area contributed by atoms with Crippen molar-refractivity contribution in [1.82, 2.24) is 10.4 Å². The van der Waals surface area contributed by atoms with Crippen LogP contribution in [0.2, 0.25) is 0 Å². The van der Waals surface area contributed by atoms with Crippen molar-refractivity contribution in [2.45, 2.75) is 57.2 Å². The van der Waals surface area contributed by atoms with Gasteiger partial charge in [0.25, 0.3) is 0 Å². The number of nitrogens with one attached hydrogen (secondary N) is 1. The Bertz CT molecular complexity index is 557. The SMILES string of the molecule is ONC(O)c1cccc2c1CN(C1CCC(C(F)(F)F)CC1)C2. The van der Waals surface area contributed by atoms with Gasteiger partial charge in [0.15, 0.2) is 6.23 Å². The van der Waals surface area contributed by atoms with Gasteiger partial charge in [0, 0.05) is 24.7 Å². The van der Waals surface area contributed by atoms with E-state index in [0.29, 0.717) is 31.5 Å². The summed E-state index contributed by atoms with van der Waals surface area (Å²) in [5.41, 5.74) is 4.48. The lowest BCUT2D eigenvalue weighted by atomic mass is 9.85. The number of alkyl halides is 3. The Morgan fingerprint density at radius 2 is 1.83 bits per heavy atom. The first-order chi connectivity index (χ1) is 10.9. The fourth-order valence-electron chi connectivity index (χ4n) is 3.83. The Balaban J connectivity index is 1.67. The van der Waals surface area contributed by atoms with Crippen LogP contribution in [0.3, 0.4) is 0 Å². The molecular formula is C16H21F3N2O2. The Morgan fingerprint density at radius 1 is 1.13 bits per heavy atom. The highest BCUT2D eigenvalue weighted by atomic mass is 19.4. The van der Waals surface area contributed by atoms with Crippen molar-refractivity contribution < 1.29 is 23.5 Å². The Hall–Kier alpha value is -1.15. The molecule has 1 aliphatic carbocycles. The van der Waals surface area contributed by atoms with Gasteiger partial charge in [-0.2, -0.15) is 18.7 Å². The number of rotatable bonds is 3.